The molecule has 1 fully saturated rings. The van der Waals surface area contributed by atoms with Crippen molar-refractivity contribution in [3.63, 3.8) is 0 Å². The van der Waals surface area contributed by atoms with E-state index in [-0.39, 0.29) is 30.7 Å². The Labute approximate surface area is 156 Å². The van der Waals surface area contributed by atoms with Gasteiger partial charge in [-0.15, -0.1) is 0 Å². The van der Waals surface area contributed by atoms with Gasteiger partial charge in [-0.2, -0.15) is 0 Å². The van der Waals surface area contributed by atoms with Gasteiger partial charge in [0.05, 0.1) is 0 Å². The van der Waals surface area contributed by atoms with Crippen molar-refractivity contribution < 1.29 is 24.0 Å². The van der Waals surface area contributed by atoms with E-state index in [1.807, 2.05) is 0 Å². The van der Waals surface area contributed by atoms with E-state index in [0.29, 0.717) is 24.1 Å². The number of fused-ring (bicyclic) bond motifs is 1. The second kappa shape index (κ2) is 7.30. The van der Waals surface area contributed by atoms with E-state index < -0.39 is 23.6 Å². The number of hydrogen-bond acceptors (Lipinski definition) is 5. The molecule has 8 heteroatoms. The molecule has 4 amide bonds. The van der Waals surface area contributed by atoms with E-state index in [2.05, 4.69) is 10.6 Å². The van der Waals surface area contributed by atoms with Gasteiger partial charge in [-0.25, -0.2) is 0 Å². The maximum absolute atomic E-state index is 12.7. The summed E-state index contributed by atoms with van der Waals surface area (Å²) in [5, 5.41) is 4.82. The Hall–Kier alpha value is -3.03. The van der Waals surface area contributed by atoms with Crippen LogP contribution < -0.4 is 10.6 Å². The molecular weight excluding hydrogens is 350 g/mol. The third-order valence-corrected chi connectivity index (χ3v) is 4.79. The maximum atomic E-state index is 12.7. The summed E-state index contributed by atoms with van der Waals surface area (Å²) in [7, 11) is 0. The molecule has 0 radical (unpaired) electrons. The molecule has 142 valence electrons. The average Bonchev–Trinajstić information content (AvgIpc) is 2.95. The molecule has 0 bridgehead atoms. The van der Waals surface area contributed by atoms with E-state index >= 15 is 0 Å². The zero-order valence-corrected chi connectivity index (χ0v) is 15.2. The zero-order chi connectivity index (χ0) is 19.7. The Kier molecular flexibility index (Phi) is 5.07. The topological polar surface area (TPSA) is 113 Å². The number of Topliss-reactive ketones (excluding diaryl/α,β-unsaturated/α-hetero) is 1. The molecule has 27 heavy (non-hydrogen) atoms. The molecule has 0 spiro atoms. The Morgan fingerprint density at radius 3 is 2.67 bits per heavy atom. The first-order valence-electron chi connectivity index (χ1n) is 8.86. The Bertz CT molecular complexity index is 846. The lowest BCUT2D eigenvalue weighted by molar-refractivity contribution is -0.139. The van der Waals surface area contributed by atoms with Crippen LogP contribution in [-0.2, 0) is 32.3 Å². The number of carbonyl (C=O) groups excluding carboxylic acids is 5. The van der Waals surface area contributed by atoms with Crippen LogP contribution in [0.25, 0.3) is 0 Å². The normalized spacial score (nSPS) is 19.1. The molecule has 0 aliphatic carbocycles. The number of hydrogen-bond donors (Lipinski definition) is 2. The molecule has 1 atom stereocenters. The summed E-state index contributed by atoms with van der Waals surface area (Å²) in [4.78, 5) is 61.0. The maximum Gasteiger partial charge on any atom is 0.287 e. The summed E-state index contributed by atoms with van der Waals surface area (Å²) in [5.41, 5.74) is 1.96. The monoisotopic (exact) mass is 371 g/mol. The highest BCUT2D eigenvalue weighted by Gasteiger charge is 2.39. The van der Waals surface area contributed by atoms with Crippen LogP contribution in [0.15, 0.2) is 18.2 Å². The zero-order valence-electron chi connectivity index (χ0n) is 15.2. The molecule has 2 heterocycles. The summed E-state index contributed by atoms with van der Waals surface area (Å²) >= 11 is 0. The SMILES string of the molecule is CC(C)C(=O)C(=O)NCc1ccc2c(c1)C(=O)N(C1CCC(=O)NC1=O)C2. The largest absolute Gasteiger partial charge is 0.345 e. The molecule has 2 N–H and O–H groups in total. The van der Waals surface area contributed by atoms with Crippen molar-refractivity contribution >= 4 is 29.4 Å². The molecule has 0 aromatic heterocycles. The lowest BCUT2D eigenvalue weighted by Crippen LogP contribution is -2.52. The van der Waals surface area contributed by atoms with Crippen molar-refractivity contribution in [3.05, 3.63) is 34.9 Å². The van der Waals surface area contributed by atoms with Gasteiger partial charge in [0.1, 0.15) is 6.04 Å². The van der Waals surface area contributed by atoms with Crippen molar-refractivity contribution in [2.24, 2.45) is 5.92 Å². The van der Waals surface area contributed by atoms with Gasteiger partial charge in [0, 0.05) is 31.0 Å². The summed E-state index contributed by atoms with van der Waals surface area (Å²) < 4.78 is 0. The van der Waals surface area contributed by atoms with Crippen LogP contribution >= 0.6 is 0 Å². The summed E-state index contributed by atoms with van der Waals surface area (Å²) in [6.45, 7) is 3.74. The van der Waals surface area contributed by atoms with Crippen LogP contribution in [0.2, 0.25) is 0 Å². The van der Waals surface area contributed by atoms with E-state index in [4.69, 9.17) is 0 Å². The standard InChI is InChI=1S/C19H21N3O5/c1-10(2)16(24)18(26)20-8-11-3-4-12-9-22(19(27)13(12)7-11)14-5-6-15(23)21-17(14)25/h3-4,7,10,14H,5-6,8-9H2,1-2H3,(H,20,26)(H,21,23,25). The van der Waals surface area contributed by atoms with E-state index in [1.54, 1.807) is 32.0 Å². The number of piperidine rings is 1. The molecule has 1 saturated heterocycles. The van der Waals surface area contributed by atoms with Crippen LogP contribution in [-0.4, -0.2) is 40.4 Å². The number of benzene rings is 1. The molecule has 3 rings (SSSR count). The molecule has 1 unspecified atom stereocenters. The highest BCUT2D eigenvalue weighted by atomic mass is 16.2. The molecule has 1 aromatic carbocycles. The predicted molar refractivity (Wildman–Crippen MR) is 94.2 cm³/mol. The van der Waals surface area contributed by atoms with Gasteiger partial charge in [-0.05, 0) is 23.6 Å². The fraction of sp³-hybridized carbons (Fsp3) is 0.421. The van der Waals surface area contributed by atoms with E-state index in [0.717, 1.165) is 5.56 Å². The fourth-order valence-electron chi connectivity index (χ4n) is 3.24. The van der Waals surface area contributed by atoms with Crippen molar-refractivity contribution in [1.82, 2.24) is 15.5 Å². The minimum atomic E-state index is -0.658. The number of rotatable bonds is 5. The van der Waals surface area contributed by atoms with Crippen molar-refractivity contribution in [2.75, 3.05) is 0 Å². The summed E-state index contributed by atoms with van der Waals surface area (Å²) in [6.07, 6.45) is 0.516. The third-order valence-electron chi connectivity index (χ3n) is 4.79. The molecule has 1 aromatic rings. The van der Waals surface area contributed by atoms with Gasteiger partial charge in [0.2, 0.25) is 17.6 Å². The number of imide groups is 1. The van der Waals surface area contributed by atoms with Crippen LogP contribution in [0, 0.1) is 5.92 Å². The summed E-state index contributed by atoms with van der Waals surface area (Å²) in [6, 6.07) is 4.57. The average molecular weight is 371 g/mol. The van der Waals surface area contributed by atoms with Crippen molar-refractivity contribution in [1.29, 1.82) is 0 Å². The minimum Gasteiger partial charge on any atom is -0.345 e. The predicted octanol–water partition coefficient (Wildman–Crippen LogP) is 0.289. The van der Waals surface area contributed by atoms with Crippen LogP contribution in [0.5, 0.6) is 0 Å². The van der Waals surface area contributed by atoms with Crippen LogP contribution in [0.3, 0.4) is 0 Å². The lowest BCUT2D eigenvalue weighted by atomic mass is 10.0. The van der Waals surface area contributed by atoms with Gasteiger partial charge in [-0.3, -0.25) is 29.3 Å². The van der Waals surface area contributed by atoms with Gasteiger partial charge < -0.3 is 10.2 Å². The highest BCUT2D eigenvalue weighted by Crippen LogP contribution is 2.28. The Morgan fingerprint density at radius 2 is 2.00 bits per heavy atom. The number of ketones is 1. The number of nitrogens with zero attached hydrogens (tertiary/aromatic N) is 1. The van der Waals surface area contributed by atoms with Crippen molar-refractivity contribution in [3.8, 4) is 0 Å². The third kappa shape index (κ3) is 3.74. The second-order valence-corrected chi connectivity index (χ2v) is 7.09. The number of nitrogens with one attached hydrogen (secondary N) is 2. The molecule has 8 nitrogen and oxygen atoms in total. The van der Waals surface area contributed by atoms with Gasteiger partial charge in [0.15, 0.2) is 0 Å². The first-order valence-corrected chi connectivity index (χ1v) is 8.86. The quantitative estimate of drug-likeness (QED) is 0.571. The molecular formula is C19H21N3O5. The minimum absolute atomic E-state index is 0.135. The first kappa shape index (κ1) is 18.8. The number of amides is 4. The molecule has 0 saturated carbocycles. The van der Waals surface area contributed by atoms with Crippen molar-refractivity contribution in [2.45, 2.75) is 45.8 Å². The Balaban J connectivity index is 1.69. The van der Waals surface area contributed by atoms with Crippen LogP contribution in [0.1, 0.15) is 48.2 Å². The molecule has 2 aliphatic rings. The molecule has 2 aliphatic heterocycles. The van der Waals surface area contributed by atoms with Gasteiger partial charge >= 0.3 is 0 Å². The fourth-order valence-corrected chi connectivity index (χ4v) is 3.24. The van der Waals surface area contributed by atoms with Crippen LogP contribution in [0.4, 0.5) is 0 Å². The smallest absolute Gasteiger partial charge is 0.287 e. The second-order valence-electron chi connectivity index (χ2n) is 7.09. The van der Waals surface area contributed by atoms with Gasteiger partial charge in [0.25, 0.3) is 11.8 Å². The summed E-state index contributed by atoms with van der Waals surface area (Å²) in [5.74, 6) is -2.57. The van der Waals surface area contributed by atoms with E-state index in [1.165, 1.54) is 4.90 Å². The number of carbonyl (C=O) groups is 5. The highest BCUT2D eigenvalue weighted by molar-refractivity contribution is 6.36. The van der Waals surface area contributed by atoms with E-state index in [9.17, 15) is 24.0 Å². The lowest BCUT2D eigenvalue weighted by Gasteiger charge is -2.29. The Morgan fingerprint density at radius 1 is 1.26 bits per heavy atom. The first-order chi connectivity index (χ1) is 12.8. The van der Waals surface area contributed by atoms with Gasteiger partial charge in [-0.1, -0.05) is 26.0 Å².